The van der Waals surface area contributed by atoms with Crippen molar-refractivity contribution in [2.24, 2.45) is 11.7 Å². The van der Waals surface area contributed by atoms with E-state index in [4.69, 9.17) is 5.73 Å². The van der Waals surface area contributed by atoms with E-state index in [2.05, 4.69) is 10.1 Å². The van der Waals surface area contributed by atoms with Gasteiger partial charge in [0.2, 0.25) is 0 Å². The van der Waals surface area contributed by atoms with Gasteiger partial charge in [0.15, 0.2) is 5.92 Å². The third-order valence-electron chi connectivity index (χ3n) is 2.68. The lowest BCUT2D eigenvalue weighted by Crippen LogP contribution is -2.50. The van der Waals surface area contributed by atoms with Crippen LogP contribution in [0.5, 0.6) is 0 Å². The first kappa shape index (κ1) is 16.7. The fourth-order valence-electron chi connectivity index (χ4n) is 1.84. The molecule has 116 valence electrons. The minimum absolute atomic E-state index is 0.0119. The van der Waals surface area contributed by atoms with Gasteiger partial charge in [-0.25, -0.2) is 4.98 Å². The number of aryl methyl sites for hydroxylation is 1. The summed E-state index contributed by atoms with van der Waals surface area (Å²) in [5, 5.41) is 3.73. The van der Waals surface area contributed by atoms with Crippen molar-refractivity contribution in [1.82, 2.24) is 14.8 Å². The van der Waals surface area contributed by atoms with Gasteiger partial charge in [-0.05, 0) is 6.42 Å². The highest BCUT2D eigenvalue weighted by molar-refractivity contribution is 4.95. The summed E-state index contributed by atoms with van der Waals surface area (Å²) in [6.45, 7) is 2.14. The zero-order valence-electron chi connectivity index (χ0n) is 10.5. The number of alkyl halides is 6. The molecule has 0 spiro atoms. The van der Waals surface area contributed by atoms with Crippen molar-refractivity contribution in [2.75, 3.05) is 0 Å². The van der Waals surface area contributed by atoms with Gasteiger partial charge in [0.05, 0.1) is 0 Å². The van der Waals surface area contributed by atoms with Gasteiger partial charge in [-0.1, -0.05) is 6.92 Å². The van der Waals surface area contributed by atoms with E-state index in [-0.39, 0.29) is 5.82 Å². The maximum absolute atomic E-state index is 12.5. The van der Waals surface area contributed by atoms with Crippen LogP contribution in [0.25, 0.3) is 0 Å². The summed E-state index contributed by atoms with van der Waals surface area (Å²) in [4.78, 5) is 3.66. The Hall–Kier alpha value is -1.32. The molecule has 1 unspecified atom stereocenters. The molecule has 20 heavy (non-hydrogen) atoms. The van der Waals surface area contributed by atoms with Crippen molar-refractivity contribution in [1.29, 1.82) is 0 Å². The quantitative estimate of drug-likeness (QED) is 0.849. The van der Waals surface area contributed by atoms with E-state index >= 15 is 0 Å². The molecule has 0 radical (unpaired) electrons. The maximum Gasteiger partial charge on any atom is 0.402 e. The molecule has 1 rings (SSSR count). The minimum atomic E-state index is -5.45. The van der Waals surface area contributed by atoms with Crippen LogP contribution in [-0.2, 0) is 13.0 Å². The molecule has 0 saturated carbocycles. The number of rotatable bonds is 5. The normalized spacial score (nSPS) is 14.8. The molecule has 1 aromatic heterocycles. The number of nitrogens with zero attached hydrogens (tertiary/aromatic N) is 3. The third kappa shape index (κ3) is 4.09. The standard InChI is InChI=1S/C10H14F6N4/c1-2-3-20-7(18-5-19-20)4-6(17)8(9(11,12)13)10(14,15)16/h5-6,8H,2-4,17H2,1H3. The maximum atomic E-state index is 12.5. The summed E-state index contributed by atoms with van der Waals surface area (Å²) >= 11 is 0. The van der Waals surface area contributed by atoms with E-state index in [1.54, 1.807) is 6.92 Å². The molecule has 0 bridgehead atoms. The van der Waals surface area contributed by atoms with Crippen molar-refractivity contribution in [3.8, 4) is 0 Å². The second-order valence-electron chi connectivity index (χ2n) is 4.33. The Morgan fingerprint density at radius 2 is 1.75 bits per heavy atom. The molecule has 0 aromatic carbocycles. The molecule has 0 aliphatic carbocycles. The summed E-state index contributed by atoms with van der Waals surface area (Å²) in [5.41, 5.74) is 5.13. The van der Waals surface area contributed by atoms with Crippen LogP contribution in [0, 0.1) is 5.92 Å². The largest absolute Gasteiger partial charge is 0.402 e. The van der Waals surface area contributed by atoms with Gasteiger partial charge in [-0.3, -0.25) is 4.68 Å². The number of nitrogens with two attached hydrogens (primary N) is 1. The average molecular weight is 304 g/mol. The first-order valence-electron chi connectivity index (χ1n) is 5.83. The Bertz CT molecular complexity index is 410. The van der Waals surface area contributed by atoms with Gasteiger partial charge in [0.25, 0.3) is 0 Å². The number of aromatic nitrogens is 3. The van der Waals surface area contributed by atoms with E-state index in [1.807, 2.05) is 0 Å². The monoisotopic (exact) mass is 304 g/mol. The molecule has 1 heterocycles. The molecule has 4 nitrogen and oxygen atoms in total. The van der Waals surface area contributed by atoms with Crippen molar-refractivity contribution in [3.63, 3.8) is 0 Å². The number of hydrogen-bond donors (Lipinski definition) is 1. The summed E-state index contributed by atoms with van der Waals surface area (Å²) < 4.78 is 76.3. The predicted molar refractivity (Wildman–Crippen MR) is 57.6 cm³/mol. The molecular formula is C10H14F6N4. The predicted octanol–water partition coefficient (Wildman–Crippen LogP) is 2.30. The van der Waals surface area contributed by atoms with Crippen molar-refractivity contribution >= 4 is 0 Å². The molecule has 0 saturated heterocycles. The summed E-state index contributed by atoms with van der Waals surface area (Å²) in [7, 11) is 0. The molecule has 1 aromatic rings. The van der Waals surface area contributed by atoms with Crippen molar-refractivity contribution in [2.45, 2.75) is 44.7 Å². The summed E-state index contributed by atoms with van der Waals surface area (Å²) in [5.74, 6) is -3.57. The Morgan fingerprint density at radius 3 is 2.20 bits per heavy atom. The second kappa shape index (κ2) is 5.98. The van der Waals surface area contributed by atoms with Gasteiger partial charge in [0.1, 0.15) is 12.2 Å². The fraction of sp³-hybridized carbons (Fsp3) is 0.800. The van der Waals surface area contributed by atoms with Gasteiger partial charge >= 0.3 is 12.4 Å². The lowest BCUT2D eigenvalue weighted by molar-refractivity contribution is -0.289. The van der Waals surface area contributed by atoms with Crippen LogP contribution in [0.15, 0.2) is 6.33 Å². The van der Waals surface area contributed by atoms with Gasteiger partial charge in [-0.2, -0.15) is 31.4 Å². The first-order valence-corrected chi connectivity index (χ1v) is 5.83. The Labute approximate surface area is 111 Å². The van der Waals surface area contributed by atoms with Gasteiger partial charge in [0, 0.05) is 19.0 Å². The Morgan fingerprint density at radius 1 is 1.20 bits per heavy atom. The van der Waals surface area contributed by atoms with Crippen LogP contribution < -0.4 is 5.73 Å². The molecular weight excluding hydrogens is 290 g/mol. The van der Waals surface area contributed by atoms with Crippen LogP contribution in [0.4, 0.5) is 26.3 Å². The second-order valence-corrected chi connectivity index (χ2v) is 4.33. The molecule has 1 atom stereocenters. The zero-order chi connectivity index (χ0) is 15.6. The van der Waals surface area contributed by atoms with Crippen LogP contribution in [-0.4, -0.2) is 33.2 Å². The minimum Gasteiger partial charge on any atom is -0.326 e. The molecule has 2 N–H and O–H groups in total. The van der Waals surface area contributed by atoms with E-state index in [0.29, 0.717) is 13.0 Å². The van der Waals surface area contributed by atoms with Crippen molar-refractivity contribution < 1.29 is 26.3 Å². The lowest BCUT2D eigenvalue weighted by atomic mass is 9.96. The number of hydrogen-bond acceptors (Lipinski definition) is 3. The first-order chi connectivity index (χ1) is 9.07. The molecule has 0 amide bonds. The molecule has 0 fully saturated rings. The average Bonchev–Trinajstić information content (AvgIpc) is 2.61. The highest BCUT2D eigenvalue weighted by Crippen LogP contribution is 2.41. The van der Waals surface area contributed by atoms with Gasteiger partial charge in [-0.15, -0.1) is 0 Å². The topological polar surface area (TPSA) is 56.7 Å². The SMILES string of the molecule is CCCn1ncnc1CC(N)C(C(F)(F)F)C(F)(F)F. The van der Waals surface area contributed by atoms with Crippen molar-refractivity contribution in [3.05, 3.63) is 12.2 Å². The molecule has 10 heteroatoms. The summed E-state index contributed by atoms with van der Waals surface area (Å²) in [6.07, 6.45) is -9.86. The highest BCUT2D eigenvalue weighted by atomic mass is 19.4. The van der Waals surface area contributed by atoms with E-state index < -0.39 is 30.7 Å². The molecule has 0 aliphatic heterocycles. The van der Waals surface area contributed by atoms with E-state index in [1.165, 1.54) is 4.68 Å². The Balaban J connectivity index is 2.92. The zero-order valence-corrected chi connectivity index (χ0v) is 10.5. The molecule has 0 aliphatic rings. The smallest absolute Gasteiger partial charge is 0.326 e. The third-order valence-corrected chi connectivity index (χ3v) is 2.68. The Kier molecular flexibility index (Phi) is 5.00. The van der Waals surface area contributed by atoms with Crippen LogP contribution in [0.1, 0.15) is 19.2 Å². The van der Waals surface area contributed by atoms with E-state index in [0.717, 1.165) is 6.33 Å². The number of halogens is 6. The fourth-order valence-corrected chi connectivity index (χ4v) is 1.84. The van der Waals surface area contributed by atoms with Crippen LogP contribution in [0.3, 0.4) is 0 Å². The lowest BCUT2D eigenvalue weighted by Gasteiger charge is -2.27. The van der Waals surface area contributed by atoms with E-state index in [9.17, 15) is 26.3 Å². The van der Waals surface area contributed by atoms with Gasteiger partial charge < -0.3 is 5.73 Å². The summed E-state index contributed by atoms with van der Waals surface area (Å²) in [6, 6.07) is -2.16. The van der Waals surface area contributed by atoms with Crippen LogP contribution >= 0.6 is 0 Å². The van der Waals surface area contributed by atoms with Crippen LogP contribution in [0.2, 0.25) is 0 Å². The highest BCUT2D eigenvalue weighted by Gasteiger charge is 2.59.